The Kier molecular flexibility index (Phi) is 3.16. The number of anilines is 1. The van der Waals surface area contributed by atoms with Gasteiger partial charge in [-0.05, 0) is 36.8 Å². The first-order chi connectivity index (χ1) is 8.61. The van der Waals surface area contributed by atoms with Gasteiger partial charge in [-0.2, -0.15) is 5.26 Å². The topological polar surface area (TPSA) is 59.0 Å². The molecule has 0 bridgehead atoms. The third-order valence-electron chi connectivity index (χ3n) is 2.52. The second-order valence-electron chi connectivity index (χ2n) is 3.85. The maximum atomic E-state index is 13.0. The minimum atomic E-state index is -0.475. The van der Waals surface area contributed by atoms with Gasteiger partial charge in [-0.25, -0.2) is 4.39 Å². The van der Waals surface area contributed by atoms with Crippen molar-refractivity contribution >= 4 is 5.69 Å². The van der Waals surface area contributed by atoms with Gasteiger partial charge in [0.1, 0.15) is 17.6 Å². The Hall–Kier alpha value is -2.54. The molecule has 0 radical (unpaired) electrons. The average molecular weight is 242 g/mol. The van der Waals surface area contributed by atoms with Crippen LogP contribution >= 0.6 is 0 Å². The van der Waals surface area contributed by atoms with E-state index in [0.717, 1.165) is 11.6 Å². The summed E-state index contributed by atoms with van der Waals surface area (Å²) in [4.78, 5) is 0. The zero-order valence-electron chi connectivity index (χ0n) is 9.77. The molecule has 0 unspecified atom stereocenters. The van der Waals surface area contributed by atoms with Gasteiger partial charge in [-0.3, -0.25) is 0 Å². The molecule has 0 saturated heterocycles. The van der Waals surface area contributed by atoms with Crippen LogP contribution in [-0.4, -0.2) is 0 Å². The van der Waals surface area contributed by atoms with Crippen LogP contribution in [0.4, 0.5) is 10.1 Å². The van der Waals surface area contributed by atoms with Crippen LogP contribution in [0.1, 0.15) is 11.1 Å². The van der Waals surface area contributed by atoms with Crippen LogP contribution < -0.4 is 10.5 Å². The first kappa shape index (κ1) is 11.9. The highest BCUT2D eigenvalue weighted by atomic mass is 19.1. The molecule has 2 rings (SSSR count). The average Bonchev–Trinajstić information content (AvgIpc) is 2.35. The van der Waals surface area contributed by atoms with Gasteiger partial charge in [0.25, 0.3) is 0 Å². The Morgan fingerprint density at radius 1 is 1.28 bits per heavy atom. The van der Waals surface area contributed by atoms with Crippen LogP contribution in [0.25, 0.3) is 0 Å². The molecule has 18 heavy (non-hydrogen) atoms. The van der Waals surface area contributed by atoms with E-state index in [9.17, 15) is 4.39 Å². The highest BCUT2D eigenvalue weighted by Crippen LogP contribution is 2.32. The summed E-state index contributed by atoms with van der Waals surface area (Å²) in [6, 6.07) is 11.0. The summed E-state index contributed by atoms with van der Waals surface area (Å²) in [7, 11) is 0. The van der Waals surface area contributed by atoms with E-state index in [1.54, 1.807) is 6.07 Å². The molecule has 0 saturated carbocycles. The Morgan fingerprint density at radius 3 is 2.72 bits per heavy atom. The number of hydrogen-bond donors (Lipinski definition) is 1. The van der Waals surface area contributed by atoms with Crippen LogP contribution in [-0.2, 0) is 0 Å². The maximum absolute atomic E-state index is 13.0. The number of benzene rings is 2. The second-order valence-corrected chi connectivity index (χ2v) is 3.85. The van der Waals surface area contributed by atoms with E-state index >= 15 is 0 Å². The van der Waals surface area contributed by atoms with Crippen molar-refractivity contribution < 1.29 is 9.13 Å². The van der Waals surface area contributed by atoms with Crippen molar-refractivity contribution in [3.05, 3.63) is 53.3 Å². The molecule has 0 spiro atoms. The SMILES string of the molecule is Cc1cccc(N)c1Oc1ccc(F)cc1C#N. The molecular formula is C14H11FN2O. The summed E-state index contributed by atoms with van der Waals surface area (Å²) in [5.74, 6) is 0.303. The van der Waals surface area contributed by atoms with Gasteiger partial charge < -0.3 is 10.5 Å². The fourth-order valence-electron chi connectivity index (χ4n) is 1.60. The van der Waals surface area contributed by atoms with Gasteiger partial charge in [0.2, 0.25) is 0 Å². The predicted molar refractivity (Wildman–Crippen MR) is 66.8 cm³/mol. The quantitative estimate of drug-likeness (QED) is 0.821. The smallest absolute Gasteiger partial charge is 0.153 e. The summed E-state index contributed by atoms with van der Waals surface area (Å²) in [5.41, 5.74) is 7.27. The number of hydrogen-bond acceptors (Lipinski definition) is 3. The molecule has 0 aromatic heterocycles. The fraction of sp³-hybridized carbons (Fsp3) is 0.0714. The van der Waals surface area contributed by atoms with Crippen LogP contribution in [0.3, 0.4) is 0 Å². The van der Waals surface area contributed by atoms with Crippen molar-refractivity contribution in [1.82, 2.24) is 0 Å². The van der Waals surface area contributed by atoms with E-state index < -0.39 is 5.82 Å². The van der Waals surface area contributed by atoms with Crippen molar-refractivity contribution in [2.24, 2.45) is 0 Å². The third-order valence-corrected chi connectivity index (χ3v) is 2.52. The lowest BCUT2D eigenvalue weighted by molar-refractivity contribution is 0.477. The molecule has 2 N–H and O–H groups in total. The van der Waals surface area contributed by atoms with Crippen LogP contribution in [0.2, 0.25) is 0 Å². The van der Waals surface area contributed by atoms with E-state index in [0.29, 0.717) is 17.2 Å². The van der Waals surface area contributed by atoms with Crippen molar-refractivity contribution in [3.8, 4) is 17.6 Å². The normalized spacial score (nSPS) is 9.83. The minimum absolute atomic E-state index is 0.137. The Bertz CT molecular complexity index is 612. The summed E-state index contributed by atoms with van der Waals surface area (Å²) < 4.78 is 18.6. The van der Waals surface area contributed by atoms with Gasteiger partial charge in [0.05, 0.1) is 11.3 Å². The van der Waals surface area contributed by atoms with Crippen molar-refractivity contribution in [1.29, 1.82) is 5.26 Å². The monoisotopic (exact) mass is 242 g/mol. The van der Waals surface area contributed by atoms with Crippen molar-refractivity contribution in [2.45, 2.75) is 6.92 Å². The number of nitrogens with two attached hydrogens (primary N) is 1. The highest BCUT2D eigenvalue weighted by molar-refractivity contribution is 5.59. The standard InChI is InChI=1S/C14H11FN2O/c1-9-3-2-4-12(17)14(9)18-13-6-5-11(15)7-10(13)8-16/h2-7H,17H2,1H3. The maximum Gasteiger partial charge on any atom is 0.153 e. The van der Waals surface area contributed by atoms with E-state index in [4.69, 9.17) is 15.7 Å². The molecule has 0 fully saturated rings. The van der Waals surface area contributed by atoms with Gasteiger partial charge in [0, 0.05) is 0 Å². The van der Waals surface area contributed by atoms with E-state index in [1.165, 1.54) is 12.1 Å². The number of nitriles is 1. The number of rotatable bonds is 2. The number of halogens is 1. The molecular weight excluding hydrogens is 231 g/mol. The molecule has 2 aromatic rings. The number of aryl methyl sites for hydroxylation is 1. The molecule has 0 heterocycles. The molecule has 0 aliphatic rings. The number of nitrogen functional groups attached to an aromatic ring is 1. The summed E-state index contributed by atoms with van der Waals surface area (Å²) in [5, 5.41) is 8.93. The Balaban J connectivity index is 2.44. The van der Waals surface area contributed by atoms with Crippen LogP contribution in [0.5, 0.6) is 11.5 Å². The lowest BCUT2D eigenvalue weighted by Crippen LogP contribution is -1.96. The molecule has 0 amide bonds. The molecule has 4 heteroatoms. The third kappa shape index (κ3) is 2.25. The molecule has 2 aromatic carbocycles. The van der Waals surface area contributed by atoms with Gasteiger partial charge >= 0.3 is 0 Å². The van der Waals surface area contributed by atoms with E-state index in [-0.39, 0.29) is 5.56 Å². The zero-order chi connectivity index (χ0) is 13.1. The Morgan fingerprint density at radius 2 is 2.06 bits per heavy atom. The first-order valence-electron chi connectivity index (χ1n) is 5.34. The summed E-state index contributed by atoms with van der Waals surface area (Å²) >= 11 is 0. The molecule has 90 valence electrons. The van der Waals surface area contributed by atoms with Crippen LogP contribution in [0, 0.1) is 24.1 Å². The minimum Gasteiger partial charge on any atom is -0.454 e. The number of ether oxygens (including phenoxy) is 1. The second kappa shape index (κ2) is 4.76. The lowest BCUT2D eigenvalue weighted by atomic mass is 10.2. The lowest BCUT2D eigenvalue weighted by Gasteiger charge is -2.12. The summed E-state index contributed by atoms with van der Waals surface area (Å²) in [6.45, 7) is 1.85. The van der Waals surface area contributed by atoms with E-state index in [1.807, 2.05) is 25.1 Å². The number of para-hydroxylation sites is 1. The fourth-order valence-corrected chi connectivity index (χ4v) is 1.60. The van der Waals surface area contributed by atoms with Crippen molar-refractivity contribution in [2.75, 3.05) is 5.73 Å². The van der Waals surface area contributed by atoms with Gasteiger partial charge in [-0.15, -0.1) is 0 Å². The number of nitrogens with zero attached hydrogens (tertiary/aromatic N) is 1. The molecule has 3 nitrogen and oxygen atoms in total. The van der Waals surface area contributed by atoms with Crippen LogP contribution in [0.15, 0.2) is 36.4 Å². The predicted octanol–water partition coefficient (Wildman–Crippen LogP) is 3.38. The van der Waals surface area contributed by atoms with Crippen molar-refractivity contribution in [3.63, 3.8) is 0 Å². The first-order valence-corrected chi connectivity index (χ1v) is 5.34. The molecule has 0 aliphatic carbocycles. The largest absolute Gasteiger partial charge is 0.454 e. The zero-order valence-corrected chi connectivity index (χ0v) is 9.77. The highest BCUT2D eigenvalue weighted by Gasteiger charge is 2.10. The van der Waals surface area contributed by atoms with E-state index in [2.05, 4.69) is 0 Å². The summed E-state index contributed by atoms with van der Waals surface area (Å²) in [6.07, 6.45) is 0. The molecule has 0 atom stereocenters. The van der Waals surface area contributed by atoms with Gasteiger partial charge in [0.15, 0.2) is 5.75 Å². The Labute approximate surface area is 104 Å². The van der Waals surface area contributed by atoms with Gasteiger partial charge in [-0.1, -0.05) is 12.1 Å². The molecule has 0 aliphatic heterocycles.